The van der Waals surface area contributed by atoms with Crippen LogP contribution < -0.4 is 0 Å². The standard InChI is InChI=1S/C13H14O4S/c1-10(17-18(2,14)15)12-8-13(16-9-12)11-6-4-3-5-7-11/h3-8,13H,1,9H2,2H3. The summed E-state index contributed by atoms with van der Waals surface area (Å²) in [5.74, 6) is 0.121. The summed E-state index contributed by atoms with van der Waals surface area (Å²) >= 11 is 0. The average molecular weight is 266 g/mol. The zero-order valence-electron chi connectivity index (χ0n) is 10.00. The lowest BCUT2D eigenvalue weighted by Crippen LogP contribution is -2.04. The summed E-state index contributed by atoms with van der Waals surface area (Å²) in [4.78, 5) is 0. The van der Waals surface area contributed by atoms with E-state index in [-0.39, 0.29) is 11.9 Å². The fraction of sp³-hybridized carbons (Fsp3) is 0.231. The maximum absolute atomic E-state index is 11.0. The van der Waals surface area contributed by atoms with Gasteiger partial charge in [0.05, 0.1) is 12.9 Å². The Morgan fingerprint density at radius 2 is 2.06 bits per heavy atom. The van der Waals surface area contributed by atoms with Gasteiger partial charge in [-0.15, -0.1) is 0 Å². The second kappa shape index (κ2) is 4.96. The zero-order valence-corrected chi connectivity index (χ0v) is 10.8. The number of rotatable bonds is 4. The van der Waals surface area contributed by atoms with Gasteiger partial charge < -0.3 is 8.92 Å². The van der Waals surface area contributed by atoms with Crippen LogP contribution in [0.1, 0.15) is 11.7 Å². The molecule has 5 heteroatoms. The molecule has 1 aromatic rings. The smallest absolute Gasteiger partial charge is 0.306 e. The van der Waals surface area contributed by atoms with Gasteiger partial charge in [0, 0.05) is 5.57 Å². The van der Waals surface area contributed by atoms with Crippen LogP contribution in [0, 0.1) is 0 Å². The highest BCUT2D eigenvalue weighted by Crippen LogP contribution is 2.29. The first-order chi connectivity index (χ1) is 8.46. The number of hydrogen-bond acceptors (Lipinski definition) is 4. The Balaban J connectivity index is 2.12. The molecule has 1 atom stereocenters. The number of benzene rings is 1. The lowest BCUT2D eigenvalue weighted by Gasteiger charge is -2.06. The maximum atomic E-state index is 11.0. The molecule has 1 heterocycles. The first-order valence-corrected chi connectivity index (χ1v) is 7.23. The molecule has 18 heavy (non-hydrogen) atoms. The molecule has 0 N–H and O–H groups in total. The normalized spacial score (nSPS) is 19.4. The summed E-state index contributed by atoms with van der Waals surface area (Å²) in [6.45, 7) is 3.90. The number of ether oxygens (including phenoxy) is 1. The lowest BCUT2D eigenvalue weighted by molar-refractivity contribution is 0.126. The van der Waals surface area contributed by atoms with Gasteiger partial charge in [0.2, 0.25) is 0 Å². The van der Waals surface area contributed by atoms with Crippen LogP contribution in [0.4, 0.5) is 0 Å². The monoisotopic (exact) mass is 266 g/mol. The third-order valence-electron chi connectivity index (χ3n) is 2.51. The molecule has 96 valence electrons. The van der Waals surface area contributed by atoms with Crippen LogP contribution in [0.5, 0.6) is 0 Å². The van der Waals surface area contributed by atoms with Gasteiger partial charge in [-0.05, 0) is 11.6 Å². The molecule has 1 aliphatic heterocycles. The Kier molecular flexibility index (Phi) is 3.54. The van der Waals surface area contributed by atoms with Crippen molar-refractivity contribution in [2.75, 3.05) is 12.9 Å². The van der Waals surface area contributed by atoms with Crippen molar-refractivity contribution in [3.8, 4) is 0 Å². The topological polar surface area (TPSA) is 52.6 Å². The summed E-state index contributed by atoms with van der Waals surface area (Å²) < 4.78 is 32.3. The van der Waals surface area contributed by atoms with Crippen LogP contribution in [0.15, 0.2) is 54.3 Å². The van der Waals surface area contributed by atoms with Gasteiger partial charge in [-0.25, -0.2) is 0 Å². The van der Waals surface area contributed by atoms with Gasteiger partial charge in [0.25, 0.3) is 0 Å². The summed E-state index contributed by atoms with van der Waals surface area (Å²) in [7, 11) is -3.54. The van der Waals surface area contributed by atoms with E-state index in [1.165, 1.54) is 0 Å². The second-order valence-corrected chi connectivity index (χ2v) is 5.62. The number of hydrogen-bond donors (Lipinski definition) is 0. The molecule has 2 rings (SSSR count). The molecule has 1 unspecified atom stereocenters. The molecular formula is C13H14O4S. The van der Waals surface area contributed by atoms with E-state index in [1.54, 1.807) is 0 Å². The van der Waals surface area contributed by atoms with E-state index >= 15 is 0 Å². The molecule has 0 spiro atoms. The van der Waals surface area contributed by atoms with Gasteiger partial charge in [0.1, 0.15) is 11.9 Å². The maximum Gasteiger partial charge on any atom is 0.306 e. The molecular weight excluding hydrogens is 252 g/mol. The van der Waals surface area contributed by atoms with Gasteiger partial charge in [-0.1, -0.05) is 36.9 Å². The van der Waals surface area contributed by atoms with Crippen molar-refractivity contribution in [3.63, 3.8) is 0 Å². The molecule has 0 aliphatic carbocycles. The summed E-state index contributed by atoms with van der Waals surface area (Å²) in [6, 6.07) is 9.67. The zero-order chi connectivity index (χ0) is 13.2. The van der Waals surface area contributed by atoms with E-state index in [4.69, 9.17) is 8.92 Å². The molecule has 4 nitrogen and oxygen atoms in total. The molecule has 1 aliphatic rings. The second-order valence-electron chi connectivity index (χ2n) is 4.04. The van der Waals surface area contributed by atoms with Crippen molar-refractivity contribution >= 4 is 10.1 Å². The van der Waals surface area contributed by atoms with Crippen LogP contribution in [0.2, 0.25) is 0 Å². The van der Waals surface area contributed by atoms with Crippen molar-refractivity contribution in [3.05, 3.63) is 59.9 Å². The van der Waals surface area contributed by atoms with E-state index in [2.05, 4.69) is 6.58 Å². The van der Waals surface area contributed by atoms with Crippen molar-refractivity contribution in [2.45, 2.75) is 6.10 Å². The fourth-order valence-corrected chi connectivity index (χ4v) is 2.18. The van der Waals surface area contributed by atoms with E-state index < -0.39 is 10.1 Å². The van der Waals surface area contributed by atoms with Gasteiger partial charge >= 0.3 is 10.1 Å². The molecule has 0 aromatic heterocycles. The van der Waals surface area contributed by atoms with E-state index in [0.29, 0.717) is 12.2 Å². The lowest BCUT2D eigenvalue weighted by atomic mass is 10.1. The minimum absolute atomic E-state index is 0.121. The summed E-state index contributed by atoms with van der Waals surface area (Å²) in [6.07, 6.45) is 2.63. The average Bonchev–Trinajstić information content (AvgIpc) is 2.77. The van der Waals surface area contributed by atoms with Crippen LogP contribution in [0.3, 0.4) is 0 Å². The molecule has 0 bridgehead atoms. The molecule has 0 fully saturated rings. The van der Waals surface area contributed by atoms with Crippen LogP contribution in [-0.4, -0.2) is 21.3 Å². The minimum atomic E-state index is -3.54. The highest BCUT2D eigenvalue weighted by Gasteiger charge is 2.21. The van der Waals surface area contributed by atoms with Gasteiger partial charge in [0.15, 0.2) is 0 Å². The molecule has 0 saturated heterocycles. The first-order valence-electron chi connectivity index (χ1n) is 5.42. The van der Waals surface area contributed by atoms with E-state index in [1.807, 2.05) is 36.4 Å². The molecule has 0 radical (unpaired) electrons. The molecule has 1 aromatic carbocycles. The quantitative estimate of drug-likeness (QED) is 0.619. The highest BCUT2D eigenvalue weighted by molar-refractivity contribution is 7.86. The molecule has 0 saturated carbocycles. The Morgan fingerprint density at radius 3 is 2.67 bits per heavy atom. The summed E-state index contributed by atoms with van der Waals surface area (Å²) in [5, 5.41) is 0. The fourth-order valence-electron chi connectivity index (χ4n) is 1.70. The van der Waals surface area contributed by atoms with E-state index in [9.17, 15) is 8.42 Å². The summed E-state index contributed by atoms with van der Waals surface area (Å²) in [5.41, 5.74) is 1.67. The predicted molar refractivity (Wildman–Crippen MR) is 68.3 cm³/mol. The largest absolute Gasteiger partial charge is 0.383 e. The Labute approximate surface area is 107 Å². The SMILES string of the molecule is C=C(OS(C)(=O)=O)C1=CC(c2ccccc2)OC1. The van der Waals surface area contributed by atoms with Crippen LogP contribution in [0.25, 0.3) is 0 Å². The van der Waals surface area contributed by atoms with E-state index in [0.717, 1.165) is 11.8 Å². The minimum Gasteiger partial charge on any atom is -0.383 e. The first kappa shape index (κ1) is 12.9. The van der Waals surface area contributed by atoms with Crippen molar-refractivity contribution in [1.82, 2.24) is 0 Å². The van der Waals surface area contributed by atoms with Crippen LogP contribution in [-0.2, 0) is 19.0 Å². The van der Waals surface area contributed by atoms with Crippen molar-refractivity contribution < 1.29 is 17.3 Å². The van der Waals surface area contributed by atoms with Crippen molar-refractivity contribution in [1.29, 1.82) is 0 Å². The van der Waals surface area contributed by atoms with Crippen LogP contribution >= 0.6 is 0 Å². The predicted octanol–water partition coefficient (Wildman–Crippen LogP) is 2.17. The van der Waals surface area contributed by atoms with Crippen molar-refractivity contribution in [2.24, 2.45) is 0 Å². The van der Waals surface area contributed by atoms with Gasteiger partial charge in [-0.3, -0.25) is 0 Å². The highest BCUT2D eigenvalue weighted by atomic mass is 32.2. The Hall–Kier alpha value is -1.59. The Bertz CT molecular complexity index is 572. The third-order valence-corrected chi connectivity index (χ3v) is 3.01. The van der Waals surface area contributed by atoms with Gasteiger partial charge in [-0.2, -0.15) is 8.42 Å². The molecule has 0 amide bonds. The third kappa shape index (κ3) is 3.21. The Morgan fingerprint density at radius 1 is 1.39 bits per heavy atom.